The summed E-state index contributed by atoms with van der Waals surface area (Å²) in [6, 6.07) is 42.3. The minimum absolute atomic E-state index is 0.0389. The molecule has 8 aromatic rings. The van der Waals surface area contributed by atoms with Crippen molar-refractivity contribution in [2.45, 2.75) is 32.0 Å². The Hall–Kier alpha value is -6.38. The van der Waals surface area contributed by atoms with E-state index in [-0.39, 0.29) is 18.2 Å². The number of amides is 1. The molecule has 0 radical (unpaired) electrons. The molecule has 1 fully saturated rings. The number of para-hydroxylation sites is 3. The minimum atomic E-state index is -0.482. The van der Waals surface area contributed by atoms with Crippen molar-refractivity contribution in [3.8, 4) is 5.75 Å². The molecule has 1 aliphatic heterocycles. The highest BCUT2D eigenvalue weighted by molar-refractivity contribution is 6.08. The second-order valence-electron chi connectivity index (χ2n) is 14.9. The van der Waals surface area contributed by atoms with Gasteiger partial charge in [0.2, 0.25) is 5.78 Å². The maximum absolute atomic E-state index is 15.1. The van der Waals surface area contributed by atoms with Gasteiger partial charge in [0.25, 0.3) is 5.91 Å². The van der Waals surface area contributed by atoms with Crippen LogP contribution in [0.4, 0.5) is 0 Å². The summed E-state index contributed by atoms with van der Waals surface area (Å²) < 4.78 is 6.36. The van der Waals surface area contributed by atoms with Gasteiger partial charge in [-0.15, -0.1) is 0 Å². The fourth-order valence-electron chi connectivity index (χ4n) is 8.51. The molecule has 4 heterocycles. The van der Waals surface area contributed by atoms with E-state index in [0.717, 1.165) is 67.1 Å². The maximum Gasteiger partial charge on any atom is 0.281 e. The highest BCUT2D eigenvalue weighted by atomic mass is 16.5. The van der Waals surface area contributed by atoms with Gasteiger partial charge in [0, 0.05) is 75.4 Å². The number of carbonyl (C=O) groups is 2. The van der Waals surface area contributed by atoms with Crippen LogP contribution in [0.1, 0.15) is 32.6 Å². The lowest BCUT2D eigenvalue weighted by Crippen LogP contribution is -2.69. The van der Waals surface area contributed by atoms with Crippen LogP contribution in [0.5, 0.6) is 5.75 Å². The Balaban J connectivity index is 1.03. The number of nitrogens with one attached hydrogen (secondary N) is 3. The third kappa shape index (κ3) is 6.93. The van der Waals surface area contributed by atoms with Crippen molar-refractivity contribution in [2.75, 3.05) is 26.2 Å². The van der Waals surface area contributed by atoms with E-state index in [1.54, 1.807) is 0 Å². The number of quaternary nitrogens is 1. The number of Topliss-reactive ketones (excluding diaryl/α,β-unsaturated/α-hetero) is 1. The molecule has 8 heteroatoms. The standard InChI is InChI=1S/C47H43N5O3/c53-46(41-29-50-44-17-9-6-14-40(41)44)31-52(30-36-28-49-43-16-8-5-13-39(36)43)25-24-51(47(54)45(52)26-35-27-48-42-15-7-4-12-38(35)42)23-22-33-18-20-37(21-19-33)55-32-34-10-2-1-3-11-34/h1-21,27-29,45,48-49H,22-26,30-32H2/p+1/t45?,52-/m0/s1. The average Bonchev–Trinajstić information content (AvgIpc) is 3.96. The van der Waals surface area contributed by atoms with Gasteiger partial charge in [-0.1, -0.05) is 97.1 Å². The lowest BCUT2D eigenvalue weighted by molar-refractivity contribution is -0.950. The first-order valence-corrected chi connectivity index (χ1v) is 19.1. The number of H-pyrrole nitrogens is 3. The van der Waals surface area contributed by atoms with Crippen LogP contribution in [0.3, 0.4) is 0 Å². The Labute approximate surface area is 320 Å². The summed E-state index contributed by atoms with van der Waals surface area (Å²) >= 11 is 0. The fraction of sp³-hybridized carbons (Fsp3) is 0.191. The molecule has 0 spiro atoms. The quantitative estimate of drug-likeness (QED) is 0.0821. The zero-order chi connectivity index (χ0) is 37.2. The van der Waals surface area contributed by atoms with E-state index in [1.807, 2.05) is 90.1 Å². The third-order valence-electron chi connectivity index (χ3n) is 11.5. The van der Waals surface area contributed by atoms with Crippen molar-refractivity contribution in [2.24, 2.45) is 0 Å². The van der Waals surface area contributed by atoms with Crippen molar-refractivity contribution in [1.82, 2.24) is 19.9 Å². The predicted molar refractivity (Wildman–Crippen MR) is 218 cm³/mol. The van der Waals surface area contributed by atoms with Gasteiger partial charge in [0.1, 0.15) is 25.4 Å². The number of carbonyl (C=O) groups excluding carboxylic acids is 2. The Morgan fingerprint density at radius 3 is 2.00 bits per heavy atom. The number of benzene rings is 5. The Morgan fingerprint density at radius 2 is 1.27 bits per heavy atom. The number of rotatable bonds is 13. The zero-order valence-corrected chi connectivity index (χ0v) is 30.7. The zero-order valence-electron chi connectivity index (χ0n) is 30.7. The predicted octanol–water partition coefficient (Wildman–Crippen LogP) is 8.61. The van der Waals surface area contributed by atoms with Crippen LogP contribution in [0, 0.1) is 0 Å². The monoisotopic (exact) mass is 726 g/mol. The molecule has 3 N–H and O–H groups in total. The van der Waals surface area contributed by atoms with Gasteiger partial charge in [0.15, 0.2) is 6.04 Å². The molecule has 1 aliphatic rings. The van der Waals surface area contributed by atoms with E-state index in [2.05, 4.69) is 75.7 Å². The van der Waals surface area contributed by atoms with Crippen molar-refractivity contribution in [3.05, 3.63) is 174 Å². The largest absolute Gasteiger partial charge is 0.489 e. The van der Waals surface area contributed by atoms with E-state index in [4.69, 9.17) is 4.74 Å². The molecule has 0 aliphatic carbocycles. The summed E-state index contributed by atoms with van der Waals surface area (Å²) in [5, 5.41) is 3.14. The van der Waals surface area contributed by atoms with Crippen molar-refractivity contribution >= 4 is 44.4 Å². The molecule has 1 amide bonds. The van der Waals surface area contributed by atoms with Crippen LogP contribution in [-0.4, -0.2) is 68.2 Å². The van der Waals surface area contributed by atoms with E-state index in [0.29, 0.717) is 49.3 Å². The molecule has 3 aromatic heterocycles. The van der Waals surface area contributed by atoms with Crippen LogP contribution in [0.2, 0.25) is 0 Å². The second kappa shape index (κ2) is 14.8. The lowest BCUT2D eigenvalue weighted by Gasteiger charge is -2.49. The molecule has 0 saturated carbocycles. The summed E-state index contributed by atoms with van der Waals surface area (Å²) in [5.41, 5.74) is 8.16. The fourth-order valence-corrected chi connectivity index (χ4v) is 8.51. The molecule has 274 valence electrons. The second-order valence-corrected chi connectivity index (χ2v) is 14.9. The average molecular weight is 727 g/mol. The first kappa shape index (κ1) is 34.4. The minimum Gasteiger partial charge on any atom is -0.489 e. The molecule has 8 nitrogen and oxygen atoms in total. The molecule has 1 saturated heterocycles. The maximum atomic E-state index is 15.1. The van der Waals surface area contributed by atoms with Crippen LogP contribution < -0.4 is 4.74 Å². The van der Waals surface area contributed by atoms with Crippen LogP contribution in [0.15, 0.2) is 146 Å². The topological polar surface area (TPSA) is 94.0 Å². The number of aromatic nitrogens is 3. The Kier molecular flexibility index (Phi) is 9.26. The van der Waals surface area contributed by atoms with Gasteiger partial charge in [0.05, 0.1) is 13.1 Å². The highest BCUT2D eigenvalue weighted by Crippen LogP contribution is 2.34. The van der Waals surface area contributed by atoms with Crippen molar-refractivity contribution in [1.29, 1.82) is 0 Å². The van der Waals surface area contributed by atoms with Crippen LogP contribution in [-0.2, 0) is 30.8 Å². The van der Waals surface area contributed by atoms with Gasteiger partial charge in [-0.2, -0.15) is 0 Å². The van der Waals surface area contributed by atoms with Gasteiger partial charge < -0.3 is 29.1 Å². The number of aromatic amines is 3. The first-order chi connectivity index (χ1) is 27.0. The summed E-state index contributed by atoms with van der Waals surface area (Å²) in [6.07, 6.45) is 7.17. The van der Waals surface area contributed by atoms with Gasteiger partial charge >= 0.3 is 0 Å². The summed E-state index contributed by atoms with van der Waals surface area (Å²) in [5.74, 6) is 0.947. The SMILES string of the molecule is O=C(C[N@@+]1(Cc2c[nH]c3ccccc23)CCN(CCc2ccc(OCc3ccccc3)cc2)C(=O)C1Cc1c[nH]c2ccccc12)c1c[nH]c2ccccc12. The number of hydrogen-bond acceptors (Lipinski definition) is 3. The number of ketones is 1. The normalized spacial score (nSPS) is 17.3. The Morgan fingerprint density at radius 1 is 0.673 bits per heavy atom. The summed E-state index contributed by atoms with van der Waals surface area (Å²) in [7, 11) is 0. The van der Waals surface area contributed by atoms with E-state index in [1.165, 1.54) is 0 Å². The van der Waals surface area contributed by atoms with Crippen molar-refractivity contribution in [3.63, 3.8) is 0 Å². The summed E-state index contributed by atoms with van der Waals surface area (Å²) in [6.45, 7) is 3.08. The number of fused-ring (bicyclic) bond motifs is 3. The van der Waals surface area contributed by atoms with Gasteiger partial charge in [-0.3, -0.25) is 9.59 Å². The van der Waals surface area contributed by atoms with Gasteiger partial charge in [-0.25, -0.2) is 0 Å². The Bertz CT molecular complexity index is 2600. The first-order valence-electron chi connectivity index (χ1n) is 19.1. The van der Waals surface area contributed by atoms with E-state index < -0.39 is 6.04 Å². The van der Waals surface area contributed by atoms with Gasteiger partial charge in [-0.05, 0) is 53.4 Å². The molecular formula is C47H44N5O3+. The highest BCUT2D eigenvalue weighted by Gasteiger charge is 2.49. The van der Waals surface area contributed by atoms with Crippen LogP contribution in [0.25, 0.3) is 32.7 Å². The summed E-state index contributed by atoms with van der Waals surface area (Å²) in [4.78, 5) is 42.0. The van der Waals surface area contributed by atoms with E-state index >= 15 is 4.79 Å². The molecule has 0 bridgehead atoms. The molecule has 9 rings (SSSR count). The number of nitrogens with zero attached hydrogens (tertiary/aromatic N) is 2. The smallest absolute Gasteiger partial charge is 0.281 e. The number of hydrogen-bond donors (Lipinski definition) is 3. The number of ether oxygens (including phenoxy) is 1. The van der Waals surface area contributed by atoms with Crippen molar-refractivity contribution < 1.29 is 18.8 Å². The molecular weight excluding hydrogens is 683 g/mol. The lowest BCUT2D eigenvalue weighted by atomic mass is 9.94. The third-order valence-corrected chi connectivity index (χ3v) is 11.5. The van der Waals surface area contributed by atoms with E-state index in [9.17, 15) is 4.79 Å². The molecule has 5 aromatic carbocycles. The van der Waals surface area contributed by atoms with Crippen LogP contribution >= 0.6 is 0 Å². The molecule has 2 atom stereocenters. The molecule has 1 unspecified atom stereocenters. The number of piperazine rings is 1. The molecule has 55 heavy (non-hydrogen) atoms.